The molecule has 2 aromatic rings. The minimum atomic E-state index is -3.11. The molecule has 0 fully saturated rings. The highest BCUT2D eigenvalue weighted by molar-refractivity contribution is 6.06. The van der Waals surface area contributed by atoms with Gasteiger partial charge in [0.2, 0.25) is 0 Å². The molecule has 0 aliphatic carbocycles. The van der Waals surface area contributed by atoms with Gasteiger partial charge in [0.1, 0.15) is 0 Å². The summed E-state index contributed by atoms with van der Waals surface area (Å²) in [5, 5.41) is 2.89. The molecule has 1 aromatic heterocycles. The van der Waals surface area contributed by atoms with Crippen LogP contribution in [-0.4, -0.2) is 29.9 Å². The standard InChI is InChI=1S/C16H19F2N3O.2ClH/c1-10(2)14-7-12(11-5-3-4-6-13(11)21-14)15(22)20-9-16(17,18)8-19;;/h3-7,10H,8-9,19H2,1-2H3,(H,20,22);2*1H. The van der Waals surface area contributed by atoms with Crippen molar-refractivity contribution in [2.24, 2.45) is 5.73 Å². The molecule has 0 radical (unpaired) electrons. The number of carbonyl (C=O) groups excluding carboxylic acids is 1. The topological polar surface area (TPSA) is 68.0 Å². The first-order valence-corrected chi connectivity index (χ1v) is 7.10. The average molecular weight is 380 g/mol. The Balaban J connectivity index is 0.00000264. The number of nitrogens with one attached hydrogen (secondary N) is 1. The van der Waals surface area contributed by atoms with Gasteiger partial charge >= 0.3 is 0 Å². The molecular weight excluding hydrogens is 359 g/mol. The lowest BCUT2D eigenvalue weighted by Gasteiger charge is -2.16. The van der Waals surface area contributed by atoms with E-state index in [0.29, 0.717) is 16.5 Å². The Morgan fingerprint density at radius 3 is 2.50 bits per heavy atom. The number of halogens is 4. The predicted molar refractivity (Wildman–Crippen MR) is 96.7 cm³/mol. The Morgan fingerprint density at radius 1 is 1.29 bits per heavy atom. The third-order valence-corrected chi connectivity index (χ3v) is 3.38. The summed E-state index contributed by atoms with van der Waals surface area (Å²) in [4.78, 5) is 16.8. The molecule has 3 N–H and O–H groups in total. The molecule has 8 heteroatoms. The van der Waals surface area contributed by atoms with Crippen LogP contribution in [0, 0.1) is 0 Å². The number of para-hydroxylation sites is 1. The van der Waals surface area contributed by atoms with E-state index in [-0.39, 0.29) is 30.7 Å². The van der Waals surface area contributed by atoms with E-state index < -0.39 is 24.9 Å². The minimum Gasteiger partial charge on any atom is -0.346 e. The second-order valence-electron chi connectivity index (χ2n) is 5.51. The largest absolute Gasteiger partial charge is 0.346 e. The van der Waals surface area contributed by atoms with Gasteiger partial charge in [-0.3, -0.25) is 9.78 Å². The number of rotatable bonds is 5. The number of fused-ring (bicyclic) bond motifs is 1. The first kappa shape index (κ1) is 22.5. The summed E-state index contributed by atoms with van der Waals surface area (Å²) in [6.45, 7) is 2.33. The Kier molecular flexibility index (Phi) is 8.54. The van der Waals surface area contributed by atoms with Crippen LogP contribution < -0.4 is 11.1 Å². The number of carbonyl (C=O) groups is 1. The molecule has 0 aliphatic heterocycles. The lowest BCUT2D eigenvalue weighted by atomic mass is 10.0. The smallest absolute Gasteiger partial charge is 0.277 e. The Labute approximate surface area is 152 Å². The van der Waals surface area contributed by atoms with Gasteiger partial charge in [0, 0.05) is 11.1 Å². The van der Waals surface area contributed by atoms with Crippen molar-refractivity contribution in [3.8, 4) is 0 Å². The zero-order chi connectivity index (χ0) is 16.3. The third-order valence-electron chi connectivity index (χ3n) is 3.38. The van der Waals surface area contributed by atoms with E-state index in [4.69, 9.17) is 5.73 Å². The van der Waals surface area contributed by atoms with Crippen molar-refractivity contribution in [3.05, 3.63) is 41.6 Å². The SMILES string of the molecule is CC(C)c1cc(C(=O)NCC(F)(F)CN)c2ccccc2n1.Cl.Cl. The molecule has 24 heavy (non-hydrogen) atoms. The van der Waals surface area contributed by atoms with Gasteiger partial charge in [0.25, 0.3) is 11.8 Å². The maximum absolute atomic E-state index is 13.2. The second-order valence-corrected chi connectivity index (χ2v) is 5.51. The molecule has 0 spiro atoms. The zero-order valence-corrected chi connectivity index (χ0v) is 15.0. The third kappa shape index (κ3) is 5.26. The van der Waals surface area contributed by atoms with E-state index in [0.717, 1.165) is 5.69 Å². The van der Waals surface area contributed by atoms with E-state index in [2.05, 4.69) is 10.3 Å². The summed E-state index contributed by atoms with van der Waals surface area (Å²) in [6, 6.07) is 8.81. The van der Waals surface area contributed by atoms with Crippen LogP contribution in [0.25, 0.3) is 10.9 Å². The van der Waals surface area contributed by atoms with E-state index >= 15 is 0 Å². The first-order valence-electron chi connectivity index (χ1n) is 7.10. The molecule has 0 saturated carbocycles. The van der Waals surface area contributed by atoms with Crippen molar-refractivity contribution in [2.75, 3.05) is 13.1 Å². The number of benzene rings is 1. The molecule has 1 aromatic carbocycles. The van der Waals surface area contributed by atoms with Crippen LogP contribution in [0.15, 0.2) is 30.3 Å². The molecule has 2 rings (SSSR count). The van der Waals surface area contributed by atoms with Crippen LogP contribution in [0.5, 0.6) is 0 Å². The van der Waals surface area contributed by atoms with Gasteiger partial charge < -0.3 is 11.1 Å². The Hall–Kier alpha value is -1.50. The molecule has 0 unspecified atom stereocenters. The summed E-state index contributed by atoms with van der Waals surface area (Å²) in [6.07, 6.45) is 0. The van der Waals surface area contributed by atoms with E-state index in [1.165, 1.54) is 0 Å². The highest BCUT2D eigenvalue weighted by Crippen LogP contribution is 2.22. The Bertz CT molecular complexity index is 696. The number of hydrogen-bond acceptors (Lipinski definition) is 3. The summed E-state index contributed by atoms with van der Waals surface area (Å²) in [5.41, 5.74) is 6.74. The van der Waals surface area contributed by atoms with Gasteiger partial charge in [-0.15, -0.1) is 24.8 Å². The van der Waals surface area contributed by atoms with E-state index in [9.17, 15) is 13.6 Å². The fourth-order valence-electron chi connectivity index (χ4n) is 2.06. The maximum Gasteiger partial charge on any atom is 0.277 e. The van der Waals surface area contributed by atoms with Gasteiger partial charge in [-0.05, 0) is 18.1 Å². The van der Waals surface area contributed by atoms with E-state index in [1.54, 1.807) is 24.3 Å². The molecule has 0 aliphatic rings. The molecule has 0 saturated heterocycles. The Morgan fingerprint density at radius 2 is 1.92 bits per heavy atom. The van der Waals surface area contributed by atoms with E-state index in [1.807, 2.05) is 19.9 Å². The summed E-state index contributed by atoms with van der Waals surface area (Å²) in [5.74, 6) is -3.53. The van der Waals surface area contributed by atoms with Crippen molar-refractivity contribution in [1.82, 2.24) is 10.3 Å². The minimum absolute atomic E-state index is 0. The van der Waals surface area contributed by atoms with Crippen molar-refractivity contribution in [2.45, 2.75) is 25.7 Å². The second kappa shape index (κ2) is 9.11. The summed E-state index contributed by atoms with van der Waals surface area (Å²) >= 11 is 0. The lowest BCUT2D eigenvalue weighted by Crippen LogP contribution is -2.41. The van der Waals surface area contributed by atoms with Crippen molar-refractivity contribution in [1.29, 1.82) is 0 Å². The maximum atomic E-state index is 13.2. The van der Waals surface area contributed by atoms with Crippen LogP contribution in [0.3, 0.4) is 0 Å². The van der Waals surface area contributed by atoms with Gasteiger partial charge in [-0.25, -0.2) is 8.78 Å². The van der Waals surface area contributed by atoms with Crippen LogP contribution in [0.4, 0.5) is 8.78 Å². The quantitative estimate of drug-likeness (QED) is 0.834. The normalized spacial score (nSPS) is 10.9. The number of alkyl halides is 2. The predicted octanol–water partition coefficient (Wildman–Crippen LogP) is 3.53. The molecule has 1 heterocycles. The van der Waals surface area contributed by atoms with Gasteiger partial charge in [0.15, 0.2) is 0 Å². The fraction of sp³-hybridized carbons (Fsp3) is 0.375. The number of amides is 1. The van der Waals surface area contributed by atoms with Crippen LogP contribution in [0.1, 0.15) is 35.8 Å². The number of pyridine rings is 1. The number of nitrogens with zero attached hydrogens (tertiary/aromatic N) is 1. The summed E-state index contributed by atoms with van der Waals surface area (Å²) < 4.78 is 26.4. The average Bonchev–Trinajstić information content (AvgIpc) is 2.51. The number of hydrogen-bond donors (Lipinski definition) is 2. The molecule has 4 nitrogen and oxygen atoms in total. The highest BCUT2D eigenvalue weighted by atomic mass is 35.5. The van der Waals surface area contributed by atoms with Crippen molar-refractivity contribution >= 4 is 41.6 Å². The van der Waals surface area contributed by atoms with Gasteiger partial charge in [0.05, 0.1) is 24.2 Å². The van der Waals surface area contributed by atoms with Crippen LogP contribution in [0.2, 0.25) is 0 Å². The van der Waals surface area contributed by atoms with Gasteiger partial charge in [-0.1, -0.05) is 32.0 Å². The van der Waals surface area contributed by atoms with Crippen LogP contribution >= 0.6 is 24.8 Å². The highest BCUT2D eigenvalue weighted by Gasteiger charge is 2.27. The molecule has 1 amide bonds. The van der Waals surface area contributed by atoms with Crippen molar-refractivity contribution in [3.63, 3.8) is 0 Å². The zero-order valence-electron chi connectivity index (χ0n) is 13.4. The van der Waals surface area contributed by atoms with Gasteiger partial charge in [-0.2, -0.15) is 0 Å². The fourth-order valence-corrected chi connectivity index (χ4v) is 2.06. The lowest BCUT2D eigenvalue weighted by molar-refractivity contribution is 0.0119. The number of nitrogens with two attached hydrogens (primary N) is 1. The molecular formula is C16H21Cl2F2N3O. The monoisotopic (exact) mass is 379 g/mol. The van der Waals surface area contributed by atoms with Crippen molar-refractivity contribution < 1.29 is 13.6 Å². The molecule has 0 bridgehead atoms. The molecule has 134 valence electrons. The number of aromatic nitrogens is 1. The van der Waals surface area contributed by atoms with Crippen LogP contribution in [-0.2, 0) is 0 Å². The molecule has 0 atom stereocenters. The summed E-state index contributed by atoms with van der Waals surface area (Å²) in [7, 11) is 0. The first-order chi connectivity index (χ1) is 10.3.